The van der Waals surface area contributed by atoms with Crippen molar-refractivity contribution >= 4 is 0 Å². The van der Waals surface area contributed by atoms with Gasteiger partial charge in [0, 0.05) is 24.2 Å². The fourth-order valence-electron chi connectivity index (χ4n) is 3.06. The highest BCUT2D eigenvalue weighted by Crippen LogP contribution is 2.42. The van der Waals surface area contributed by atoms with Gasteiger partial charge in [-0.05, 0) is 50.7 Å². The number of nitrogens with one attached hydrogen (secondary N) is 1. The summed E-state index contributed by atoms with van der Waals surface area (Å²) < 4.78 is 52.2. The Labute approximate surface area is 141 Å². The van der Waals surface area contributed by atoms with Crippen molar-refractivity contribution in [2.75, 3.05) is 0 Å². The lowest BCUT2D eigenvalue weighted by Crippen LogP contribution is -2.31. The summed E-state index contributed by atoms with van der Waals surface area (Å²) in [4.78, 5) is 4.40. The van der Waals surface area contributed by atoms with E-state index in [-0.39, 0.29) is 30.6 Å². The minimum absolute atomic E-state index is 0.00882. The van der Waals surface area contributed by atoms with E-state index >= 15 is 0 Å². The number of alkyl halides is 3. The topological polar surface area (TPSA) is 24.9 Å². The van der Waals surface area contributed by atoms with Gasteiger partial charge >= 0.3 is 6.18 Å². The van der Waals surface area contributed by atoms with Gasteiger partial charge in [-0.25, -0.2) is 4.39 Å². The van der Waals surface area contributed by atoms with Crippen molar-refractivity contribution in [2.24, 2.45) is 11.8 Å². The van der Waals surface area contributed by atoms with Crippen molar-refractivity contribution in [2.45, 2.75) is 71.1 Å². The molecule has 1 fully saturated rings. The van der Waals surface area contributed by atoms with Crippen LogP contribution in [0.3, 0.4) is 0 Å². The fraction of sp³-hybridized carbons (Fsp3) is 0.722. The molecule has 0 aromatic carbocycles. The van der Waals surface area contributed by atoms with Crippen LogP contribution < -0.4 is 5.32 Å². The van der Waals surface area contributed by atoms with Crippen LogP contribution in [0.1, 0.15) is 63.8 Å². The van der Waals surface area contributed by atoms with Gasteiger partial charge in [-0.15, -0.1) is 0 Å². The Balaban J connectivity index is 2.01. The third kappa shape index (κ3) is 4.91. The van der Waals surface area contributed by atoms with Gasteiger partial charge in [-0.1, -0.05) is 13.8 Å². The standard InChI is InChI=1S/C18H26F4N2/c1-11(2)12(3)23-10-17-15(19)8-9-16(24-17)13-4-6-14(7-5-13)18(20,21)22/h8-9,11-14,23H,4-7,10H2,1-3H3/t12-,13-,14+/m1/s1. The number of hydrogen-bond donors (Lipinski definition) is 1. The second-order valence-corrected chi connectivity index (χ2v) is 7.17. The Hall–Kier alpha value is -1.17. The average Bonchev–Trinajstić information content (AvgIpc) is 2.53. The quantitative estimate of drug-likeness (QED) is 0.742. The molecule has 1 N–H and O–H groups in total. The van der Waals surface area contributed by atoms with E-state index in [1.165, 1.54) is 6.07 Å². The first-order valence-electron chi connectivity index (χ1n) is 8.64. The van der Waals surface area contributed by atoms with Crippen LogP contribution in [0.4, 0.5) is 17.6 Å². The molecule has 1 heterocycles. The van der Waals surface area contributed by atoms with Crippen LogP contribution >= 0.6 is 0 Å². The first-order valence-corrected chi connectivity index (χ1v) is 8.64. The van der Waals surface area contributed by atoms with Gasteiger partial charge in [0.15, 0.2) is 0 Å². The minimum atomic E-state index is -4.11. The van der Waals surface area contributed by atoms with Gasteiger partial charge in [0.1, 0.15) is 5.82 Å². The number of nitrogens with zero attached hydrogens (tertiary/aromatic N) is 1. The van der Waals surface area contributed by atoms with E-state index in [0.717, 1.165) is 0 Å². The number of pyridine rings is 1. The third-order valence-corrected chi connectivity index (χ3v) is 5.14. The molecule has 0 aliphatic heterocycles. The van der Waals surface area contributed by atoms with Crippen molar-refractivity contribution < 1.29 is 17.6 Å². The molecule has 2 rings (SSSR count). The van der Waals surface area contributed by atoms with Gasteiger partial charge < -0.3 is 5.32 Å². The van der Waals surface area contributed by atoms with E-state index in [1.54, 1.807) is 6.07 Å². The van der Waals surface area contributed by atoms with Crippen molar-refractivity contribution in [1.82, 2.24) is 10.3 Å². The zero-order valence-corrected chi connectivity index (χ0v) is 14.5. The molecular weight excluding hydrogens is 320 g/mol. The lowest BCUT2D eigenvalue weighted by molar-refractivity contribution is -0.182. The Morgan fingerprint density at radius 2 is 1.75 bits per heavy atom. The zero-order valence-electron chi connectivity index (χ0n) is 14.5. The van der Waals surface area contributed by atoms with E-state index in [1.807, 2.05) is 6.92 Å². The molecule has 2 nitrogen and oxygen atoms in total. The summed E-state index contributed by atoms with van der Waals surface area (Å²) >= 11 is 0. The predicted octanol–water partition coefficient (Wildman–Crippen LogP) is 5.19. The summed E-state index contributed by atoms with van der Waals surface area (Å²) in [5, 5.41) is 3.25. The van der Waals surface area contributed by atoms with Crippen molar-refractivity contribution in [1.29, 1.82) is 0 Å². The van der Waals surface area contributed by atoms with Crippen LogP contribution in [0.25, 0.3) is 0 Å². The molecule has 1 aromatic heterocycles. The highest BCUT2D eigenvalue weighted by Gasteiger charge is 2.41. The summed E-state index contributed by atoms with van der Waals surface area (Å²) in [6.07, 6.45) is -2.93. The van der Waals surface area contributed by atoms with Crippen molar-refractivity contribution in [3.05, 3.63) is 29.3 Å². The summed E-state index contributed by atoms with van der Waals surface area (Å²) in [6, 6.07) is 3.23. The average molecular weight is 346 g/mol. The number of rotatable bonds is 5. The summed E-state index contributed by atoms with van der Waals surface area (Å²) in [6.45, 7) is 6.52. The van der Waals surface area contributed by atoms with Gasteiger partial charge in [0.2, 0.25) is 0 Å². The molecule has 1 aliphatic carbocycles. The molecule has 1 atom stereocenters. The van der Waals surface area contributed by atoms with Gasteiger partial charge in [-0.2, -0.15) is 13.2 Å². The smallest absolute Gasteiger partial charge is 0.308 e. The third-order valence-electron chi connectivity index (χ3n) is 5.14. The molecule has 0 unspecified atom stereocenters. The molecule has 0 bridgehead atoms. The van der Waals surface area contributed by atoms with Crippen molar-refractivity contribution in [3.63, 3.8) is 0 Å². The number of hydrogen-bond acceptors (Lipinski definition) is 2. The molecule has 0 saturated heterocycles. The Morgan fingerprint density at radius 3 is 2.29 bits per heavy atom. The molecule has 1 saturated carbocycles. The first kappa shape index (κ1) is 19.2. The van der Waals surface area contributed by atoms with Crippen LogP contribution in [0, 0.1) is 17.7 Å². The molecule has 6 heteroatoms. The van der Waals surface area contributed by atoms with E-state index in [2.05, 4.69) is 24.1 Å². The summed E-state index contributed by atoms with van der Waals surface area (Å²) in [7, 11) is 0. The number of aromatic nitrogens is 1. The maximum Gasteiger partial charge on any atom is 0.391 e. The van der Waals surface area contributed by atoms with Crippen LogP contribution in [0.15, 0.2) is 12.1 Å². The fourth-order valence-corrected chi connectivity index (χ4v) is 3.06. The molecule has 0 radical (unpaired) electrons. The van der Waals surface area contributed by atoms with Crippen LogP contribution in [0.5, 0.6) is 0 Å². The monoisotopic (exact) mass is 346 g/mol. The molecule has 0 spiro atoms. The Morgan fingerprint density at radius 1 is 1.12 bits per heavy atom. The van der Waals surface area contributed by atoms with Gasteiger partial charge in [-0.3, -0.25) is 4.98 Å². The lowest BCUT2D eigenvalue weighted by Gasteiger charge is -2.29. The Bertz CT molecular complexity index is 534. The summed E-state index contributed by atoms with van der Waals surface area (Å²) in [5.74, 6) is -1.16. The van der Waals surface area contributed by atoms with E-state index in [9.17, 15) is 17.6 Å². The van der Waals surface area contributed by atoms with Crippen LogP contribution in [0.2, 0.25) is 0 Å². The number of halogens is 4. The summed E-state index contributed by atoms with van der Waals surface area (Å²) in [5.41, 5.74) is 1.06. The normalized spacial score (nSPS) is 23.5. The predicted molar refractivity (Wildman–Crippen MR) is 86.1 cm³/mol. The van der Waals surface area contributed by atoms with Crippen LogP contribution in [-0.4, -0.2) is 17.2 Å². The van der Waals surface area contributed by atoms with E-state index < -0.39 is 12.1 Å². The second-order valence-electron chi connectivity index (χ2n) is 7.17. The highest BCUT2D eigenvalue weighted by atomic mass is 19.4. The van der Waals surface area contributed by atoms with Crippen molar-refractivity contribution in [3.8, 4) is 0 Å². The van der Waals surface area contributed by atoms with Crippen LogP contribution in [-0.2, 0) is 6.54 Å². The molecule has 24 heavy (non-hydrogen) atoms. The molecule has 1 aromatic rings. The highest BCUT2D eigenvalue weighted by molar-refractivity contribution is 5.17. The molecule has 1 aliphatic rings. The largest absolute Gasteiger partial charge is 0.391 e. The first-order chi connectivity index (χ1) is 11.2. The molecular formula is C18H26F4N2. The zero-order chi connectivity index (χ0) is 17.9. The van der Waals surface area contributed by atoms with Gasteiger partial charge in [0.25, 0.3) is 0 Å². The Kier molecular flexibility index (Phi) is 6.23. The molecule has 136 valence electrons. The minimum Gasteiger partial charge on any atom is -0.308 e. The molecule has 0 amide bonds. The van der Waals surface area contributed by atoms with Gasteiger partial charge in [0.05, 0.1) is 11.6 Å². The second kappa shape index (κ2) is 7.81. The maximum atomic E-state index is 14.0. The van der Waals surface area contributed by atoms with E-state index in [0.29, 0.717) is 36.7 Å². The van der Waals surface area contributed by atoms with E-state index in [4.69, 9.17) is 0 Å². The lowest BCUT2D eigenvalue weighted by atomic mass is 9.80. The SMILES string of the molecule is CC(C)[C@@H](C)NCc1nc([C@H]2CC[C@@H](C(F)(F)F)CC2)ccc1F. The maximum absolute atomic E-state index is 14.0.